The molecular formula is C21H28N2O4. The fourth-order valence-electron chi connectivity index (χ4n) is 4.14. The molecule has 1 saturated carbocycles. The van der Waals surface area contributed by atoms with Gasteiger partial charge in [0, 0.05) is 18.7 Å². The van der Waals surface area contributed by atoms with Gasteiger partial charge < -0.3 is 15.3 Å². The zero-order valence-corrected chi connectivity index (χ0v) is 15.9. The smallest absolute Gasteiger partial charge is 0.329 e. The average molecular weight is 372 g/mol. The van der Waals surface area contributed by atoms with Crippen LogP contribution >= 0.6 is 0 Å². The SMILES string of the molecule is Cc1ccc(C(=O)N2CCCC(C(=O)NC3(C(=O)O)CCCCC3)C2)cc1. The van der Waals surface area contributed by atoms with Gasteiger partial charge in [-0.25, -0.2) is 4.79 Å². The Balaban J connectivity index is 1.66. The third kappa shape index (κ3) is 4.31. The van der Waals surface area contributed by atoms with Gasteiger partial charge in [-0.05, 0) is 44.7 Å². The largest absolute Gasteiger partial charge is 0.480 e. The number of nitrogens with zero attached hydrogens (tertiary/aromatic N) is 1. The third-order valence-corrected chi connectivity index (χ3v) is 5.86. The van der Waals surface area contributed by atoms with E-state index in [0.29, 0.717) is 37.9 Å². The number of carboxylic acid groups (broad SMARTS) is 1. The van der Waals surface area contributed by atoms with Crippen LogP contribution in [-0.4, -0.2) is 46.4 Å². The normalized spacial score (nSPS) is 22.1. The van der Waals surface area contributed by atoms with Crippen molar-refractivity contribution in [2.45, 2.75) is 57.4 Å². The number of amides is 2. The van der Waals surface area contributed by atoms with E-state index in [2.05, 4.69) is 5.32 Å². The van der Waals surface area contributed by atoms with E-state index in [9.17, 15) is 19.5 Å². The summed E-state index contributed by atoms with van der Waals surface area (Å²) >= 11 is 0. The van der Waals surface area contributed by atoms with Crippen LogP contribution in [0.1, 0.15) is 60.9 Å². The Hall–Kier alpha value is -2.37. The van der Waals surface area contributed by atoms with Gasteiger partial charge in [0.1, 0.15) is 5.54 Å². The first-order chi connectivity index (χ1) is 12.9. The monoisotopic (exact) mass is 372 g/mol. The second kappa shape index (κ2) is 8.11. The number of rotatable bonds is 4. The molecule has 0 radical (unpaired) electrons. The molecule has 2 aliphatic rings. The number of likely N-dealkylation sites (tertiary alicyclic amines) is 1. The Bertz CT molecular complexity index is 707. The van der Waals surface area contributed by atoms with E-state index in [-0.39, 0.29) is 17.7 Å². The first-order valence-corrected chi connectivity index (χ1v) is 9.83. The minimum Gasteiger partial charge on any atom is -0.480 e. The van der Waals surface area contributed by atoms with Gasteiger partial charge in [0.05, 0.1) is 5.92 Å². The molecule has 1 saturated heterocycles. The maximum Gasteiger partial charge on any atom is 0.329 e. The Morgan fingerprint density at radius 2 is 1.74 bits per heavy atom. The van der Waals surface area contributed by atoms with Gasteiger partial charge in [0.25, 0.3) is 5.91 Å². The Labute approximate surface area is 159 Å². The lowest BCUT2D eigenvalue weighted by molar-refractivity contribution is -0.150. The average Bonchev–Trinajstić information content (AvgIpc) is 2.68. The highest BCUT2D eigenvalue weighted by Gasteiger charge is 2.42. The molecule has 6 nitrogen and oxygen atoms in total. The van der Waals surface area contributed by atoms with Crippen LogP contribution < -0.4 is 5.32 Å². The van der Waals surface area contributed by atoms with Crippen LogP contribution in [-0.2, 0) is 9.59 Å². The molecule has 0 spiro atoms. The van der Waals surface area contributed by atoms with E-state index in [1.165, 1.54) is 0 Å². The number of nitrogens with one attached hydrogen (secondary N) is 1. The molecule has 1 unspecified atom stereocenters. The fourth-order valence-corrected chi connectivity index (χ4v) is 4.14. The highest BCUT2D eigenvalue weighted by Crippen LogP contribution is 2.29. The highest BCUT2D eigenvalue weighted by atomic mass is 16.4. The van der Waals surface area contributed by atoms with Crippen molar-refractivity contribution in [3.63, 3.8) is 0 Å². The van der Waals surface area contributed by atoms with Crippen molar-refractivity contribution in [2.75, 3.05) is 13.1 Å². The predicted molar refractivity (Wildman–Crippen MR) is 101 cm³/mol. The molecule has 2 fully saturated rings. The van der Waals surface area contributed by atoms with Crippen LogP contribution in [0.5, 0.6) is 0 Å². The summed E-state index contributed by atoms with van der Waals surface area (Å²) in [6.07, 6.45) is 5.02. The number of carbonyl (C=O) groups excluding carboxylic acids is 2. The molecular weight excluding hydrogens is 344 g/mol. The molecule has 0 aromatic heterocycles. The molecule has 146 valence electrons. The van der Waals surface area contributed by atoms with Gasteiger partial charge in [0.2, 0.25) is 5.91 Å². The van der Waals surface area contributed by atoms with Crippen molar-refractivity contribution < 1.29 is 19.5 Å². The van der Waals surface area contributed by atoms with Crippen LogP contribution in [0.15, 0.2) is 24.3 Å². The first kappa shape index (κ1) is 19.4. The highest BCUT2D eigenvalue weighted by molar-refractivity contribution is 5.95. The molecule has 27 heavy (non-hydrogen) atoms. The van der Waals surface area contributed by atoms with Gasteiger partial charge in [-0.15, -0.1) is 0 Å². The molecule has 2 N–H and O–H groups in total. The summed E-state index contributed by atoms with van der Waals surface area (Å²) in [5, 5.41) is 12.5. The number of benzene rings is 1. The predicted octanol–water partition coefficient (Wildman–Crippen LogP) is 2.75. The second-order valence-electron chi connectivity index (χ2n) is 7.89. The number of carboxylic acids is 1. The zero-order valence-electron chi connectivity index (χ0n) is 15.9. The van der Waals surface area contributed by atoms with Crippen molar-refractivity contribution in [1.29, 1.82) is 0 Å². The number of aliphatic carboxylic acids is 1. The number of hydrogen-bond acceptors (Lipinski definition) is 3. The lowest BCUT2D eigenvalue weighted by Gasteiger charge is -2.37. The van der Waals surface area contributed by atoms with Crippen LogP contribution in [0.4, 0.5) is 0 Å². The van der Waals surface area contributed by atoms with Gasteiger partial charge in [0.15, 0.2) is 0 Å². The second-order valence-corrected chi connectivity index (χ2v) is 7.89. The van der Waals surface area contributed by atoms with E-state index >= 15 is 0 Å². The number of piperidine rings is 1. The van der Waals surface area contributed by atoms with Gasteiger partial charge in [-0.2, -0.15) is 0 Å². The van der Waals surface area contributed by atoms with Gasteiger partial charge >= 0.3 is 5.97 Å². The fraction of sp³-hybridized carbons (Fsp3) is 0.571. The quantitative estimate of drug-likeness (QED) is 0.851. The minimum atomic E-state index is -1.14. The Morgan fingerprint density at radius 3 is 2.37 bits per heavy atom. The molecule has 1 aromatic carbocycles. The van der Waals surface area contributed by atoms with Crippen LogP contribution in [0.3, 0.4) is 0 Å². The third-order valence-electron chi connectivity index (χ3n) is 5.86. The zero-order chi connectivity index (χ0) is 19.4. The molecule has 3 rings (SSSR count). The first-order valence-electron chi connectivity index (χ1n) is 9.83. The van der Waals surface area contributed by atoms with Crippen molar-refractivity contribution in [2.24, 2.45) is 5.92 Å². The van der Waals surface area contributed by atoms with E-state index in [0.717, 1.165) is 31.2 Å². The summed E-state index contributed by atoms with van der Waals surface area (Å²) in [6, 6.07) is 7.42. The number of carbonyl (C=O) groups is 3. The van der Waals surface area contributed by atoms with E-state index in [4.69, 9.17) is 0 Å². The molecule has 0 bridgehead atoms. The summed E-state index contributed by atoms with van der Waals surface area (Å²) in [4.78, 5) is 39.1. The molecule has 1 aromatic rings. The molecule has 6 heteroatoms. The maximum absolute atomic E-state index is 12.8. The molecule has 1 aliphatic heterocycles. The van der Waals surface area contributed by atoms with E-state index < -0.39 is 11.5 Å². The summed E-state index contributed by atoms with van der Waals surface area (Å²) in [6.45, 7) is 2.94. The maximum atomic E-state index is 12.8. The van der Waals surface area contributed by atoms with Gasteiger partial charge in [-0.3, -0.25) is 9.59 Å². The number of hydrogen-bond donors (Lipinski definition) is 2. The summed E-state index contributed by atoms with van der Waals surface area (Å²) in [5.41, 5.74) is 0.573. The van der Waals surface area contributed by atoms with Crippen molar-refractivity contribution in [3.8, 4) is 0 Å². The molecule has 2 amide bonds. The van der Waals surface area contributed by atoms with E-state index in [1.807, 2.05) is 31.2 Å². The lowest BCUT2D eigenvalue weighted by atomic mass is 9.81. The van der Waals surface area contributed by atoms with Crippen molar-refractivity contribution >= 4 is 17.8 Å². The molecule has 1 heterocycles. The molecule has 1 aliphatic carbocycles. The van der Waals surface area contributed by atoms with Crippen molar-refractivity contribution in [3.05, 3.63) is 35.4 Å². The van der Waals surface area contributed by atoms with E-state index in [1.54, 1.807) is 4.90 Å². The number of aryl methyl sites for hydroxylation is 1. The minimum absolute atomic E-state index is 0.0712. The van der Waals surface area contributed by atoms with Crippen LogP contribution in [0, 0.1) is 12.8 Å². The Morgan fingerprint density at radius 1 is 1.07 bits per heavy atom. The van der Waals surface area contributed by atoms with Crippen LogP contribution in [0.25, 0.3) is 0 Å². The lowest BCUT2D eigenvalue weighted by Crippen LogP contribution is -2.58. The molecule has 1 atom stereocenters. The Kier molecular flexibility index (Phi) is 5.82. The van der Waals surface area contributed by atoms with Crippen molar-refractivity contribution in [1.82, 2.24) is 10.2 Å². The topological polar surface area (TPSA) is 86.7 Å². The standard InChI is InChI=1S/C21H28N2O4/c1-15-7-9-16(10-8-15)19(25)23-13-5-6-17(14-23)18(24)22-21(20(26)27)11-3-2-4-12-21/h7-10,17H,2-6,11-14H2,1H3,(H,22,24)(H,26,27). The van der Waals surface area contributed by atoms with Gasteiger partial charge in [-0.1, -0.05) is 37.0 Å². The summed E-state index contributed by atoms with van der Waals surface area (Å²) < 4.78 is 0. The summed E-state index contributed by atoms with van der Waals surface area (Å²) in [5.74, 6) is -1.61. The summed E-state index contributed by atoms with van der Waals surface area (Å²) in [7, 11) is 0. The van der Waals surface area contributed by atoms with Crippen LogP contribution in [0.2, 0.25) is 0 Å².